The van der Waals surface area contributed by atoms with Gasteiger partial charge >= 0.3 is 0 Å². The van der Waals surface area contributed by atoms with Gasteiger partial charge in [0.15, 0.2) is 0 Å². The summed E-state index contributed by atoms with van der Waals surface area (Å²) in [7, 11) is 3.76. The molecule has 1 aliphatic carbocycles. The Labute approximate surface area is 103 Å². The van der Waals surface area contributed by atoms with Crippen molar-refractivity contribution in [2.24, 2.45) is 11.7 Å². The van der Waals surface area contributed by atoms with Crippen LogP contribution in [0.5, 0.6) is 0 Å². The lowest BCUT2D eigenvalue weighted by Crippen LogP contribution is -2.57. The highest BCUT2D eigenvalue weighted by atomic mass is 16.3. The van der Waals surface area contributed by atoms with Crippen molar-refractivity contribution in [2.75, 3.05) is 27.2 Å². The summed E-state index contributed by atoms with van der Waals surface area (Å²) in [5.74, 6) is 0.125. The lowest BCUT2D eigenvalue weighted by molar-refractivity contribution is -0.127. The third kappa shape index (κ3) is 4.26. The molecule has 0 aromatic carbocycles. The van der Waals surface area contributed by atoms with Crippen LogP contribution in [0.1, 0.15) is 26.7 Å². The van der Waals surface area contributed by atoms with Gasteiger partial charge in [-0.2, -0.15) is 0 Å². The molecule has 1 aliphatic rings. The van der Waals surface area contributed by atoms with Gasteiger partial charge in [0.05, 0.1) is 11.1 Å². The van der Waals surface area contributed by atoms with Gasteiger partial charge in [0.25, 0.3) is 0 Å². The molecule has 100 valence electrons. The predicted molar refractivity (Wildman–Crippen MR) is 67.5 cm³/mol. The summed E-state index contributed by atoms with van der Waals surface area (Å²) < 4.78 is 0. The molecule has 0 radical (unpaired) electrons. The van der Waals surface area contributed by atoms with E-state index in [2.05, 4.69) is 5.32 Å². The van der Waals surface area contributed by atoms with Crippen LogP contribution in [0.15, 0.2) is 0 Å². The first kappa shape index (κ1) is 14.4. The van der Waals surface area contributed by atoms with E-state index in [1.807, 2.05) is 19.0 Å². The molecule has 2 atom stereocenters. The van der Waals surface area contributed by atoms with E-state index in [0.717, 1.165) is 12.8 Å². The number of carbonyl (C=O) groups excluding carboxylic acids is 1. The van der Waals surface area contributed by atoms with Gasteiger partial charge in [-0.1, -0.05) is 0 Å². The van der Waals surface area contributed by atoms with E-state index in [4.69, 9.17) is 5.73 Å². The van der Waals surface area contributed by atoms with Crippen LogP contribution in [0.2, 0.25) is 0 Å². The highest BCUT2D eigenvalue weighted by Gasteiger charge is 2.44. The first-order valence-electron chi connectivity index (χ1n) is 6.09. The maximum absolute atomic E-state index is 11.9. The largest absolute Gasteiger partial charge is 0.387 e. The topological polar surface area (TPSA) is 78.6 Å². The third-order valence-corrected chi connectivity index (χ3v) is 3.20. The summed E-state index contributed by atoms with van der Waals surface area (Å²) in [5, 5.41) is 12.8. The van der Waals surface area contributed by atoms with Gasteiger partial charge in [-0.3, -0.25) is 4.79 Å². The standard InChI is InChI=1S/C12H25N3O2/c1-11(17,8-15(3)4)7-14-10(16)12(2,13)9-5-6-9/h9,17H,5-8,13H2,1-4H3,(H,14,16). The predicted octanol–water partition coefficient (Wildman–Crippen LogP) is -0.457. The molecule has 1 amide bonds. The average Bonchev–Trinajstić information content (AvgIpc) is 2.94. The van der Waals surface area contributed by atoms with Gasteiger partial charge in [0.1, 0.15) is 0 Å². The second kappa shape index (κ2) is 4.92. The lowest BCUT2D eigenvalue weighted by atomic mass is 9.95. The normalized spacial score (nSPS) is 23.0. The fourth-order valence-electron chi connectivity index (χ4n) is 2.07. The van der Waals surface area contributed by atoms with Crippen LogP contribution in [0.3, 0.4) is 0 Å². The number of hydrogen-bond donors (Lipinski definition) is 3. The van der Waals surface area contributed by atoms with Crippen molar-refractivity contribution < 1.29 is 9.90 Å². The van der Waals surface area contributed by atoms with E-state index in [1.54, 1.807) is 13.8 Å². The van der Waals surface area contributed by atoms with Crippen molar-refractivity contribution in [2.45, 2.75) is 37.8 Å². The molecule has 0 saturated heterocycles. The molecule has 0 spiro atoms. The monoisotopic (exact) mass is 243 g/mol. The molecular weight excluding hydrogens is 218 g/mol. The molecule has 0 bridgehead atoms. The first-order valence-corrected chi connectivity index (χ1v) is 6.09. The zero-order valence-electron chi connectivity index (χ0n) is 11.3. The highest BCUT2D eigenvalue weighted by molar-refractivity contribution is 5.86. The summed E-state index contributed by atoms with van der Waals surface area (Å²) in [6.45, 7) is 4.19. The van der Waals surface area contributed by atoms with Crippen molar-refractivity contribution >= 4 is 5.91 Å². The zero-order chi connectivity index (χ0) is 13.3. The van der Waals surface area contributed by atoms with Crippen LogP contribution in [-0.2, 0) is 4.79 Å². The number of likely N-dealkylation sites (N-methyl/N-ethyl adjacent to an activating group) is 1. The molecule has 4 N–H and O–H groups in total. The molecule has 0 aromatic heterocycles. The number of nitrogens with one attached hydrogen (secondary N) is 1. The summed E-state index contributed by atoms with van der Waals surface area (Å²) in [4.78, 5) is 13.8. The van der Waals surface area contributed by atoms with E-state index >= 15 is 0 Å². The molecule has 0 aliphatic heterocycles. The zero-order valence-corrected chi connectivity index (χ0v) is 11.3. The van der Waals surface area contributed by atoms with E-state index in [0.29, 0.717) is 12.5 Å². The Kier molecular flexibility index (Phi) is 4.17. The molecule has 1 saturated carbocycles. The van der Waals surface area contributed by atoms with E-state index in [1.165, 1.54) is 0 Å². The lowest BCUT2D eigenvalue weighted by Gasteiger charge is -2.30. The summed E-state index contributed by atoms with van der Waals surface area (Å²) in [6, 6.07) is 0. The molecule has 5 nitrogen and oxygen atoms in total. The molecular formula is C12H25N3O2. The number of hydrogen-bond acceptors (Lipinski definition) is 4. The van der Waals surface area contributed by atoms with Gasteiger partial charge < -0.3 is 21.1 Å². The Morgan fingerprint density at radius 1 is 1.47 bits per heavy atom. The molecule has 17 heavy (non-hydrogen) atoms. The SMILES string of the molecule is CN(C)CC(C)(O)CNC(=O)C(C)(N)C1CC1. The number of amides is 1. The second-order valence-corrected chi connectivity index (χ2v) is 5.97. The Morgan fingerprint density at radius 2 is 2.00 bits per heavy atom. The number of carbonyl (C=O) groups is 1. The minimum absolute atomic E-state index is 0.168. The Balaban J connectivity index is 2.42. The van der Waals surface area contributed by atoms with Crippen molar-refractivity contribution in [3.8, 4) is 0 Å². The molecule has 1 rings (SSSR count). The number of nitrogens with two attached hydrogens (primary N) is 1. The molecule has 2 unspecified atom stereocenters. The highest BCUT2D eigenvalue weighted by Crippen LogP contribution is 2.38. The minimum atomic E-state index is -0.932. The fourth-order valence-corrected chi connectivity index (χ4v) is 2.07. The molecule has 0 heterocycles. The minimum Gasteiger partial charge on any atom is -0.387 e. The maximum Gasteiger partial charge on any atom is 0.240 e. The second-order valence-electron chi connectivity index (χ2n) is 5.97. The Bertz CT molecular complexity index is 283. The fraction of sp³-hybridized carbons (Fsp3) is 0.917. The summed E-state index contributed by atoms with van der Waals surface area (Å²) in [5.41, 5.74) is 4.26. The van der Waals surface area contributed by atoms with E-state index in [-0.39, 0.29) is 12.5 Å². The maximum atomic E-state index is 11.9. The van der Waals surface area contributed by atoms with Crippen LogP contribution in [0.4, 0.5) is 0 Å². The number of nitrogens with zero attached hydrogens (tertiary/aromatic N) is 1. The van der Waals surface area contributed by atoms with Crippen LogP contribution in [-0.4, -0.2) is 54.2 Å². The van der Waals surface area contributed by atoms with Crippen molar-refractivity contribution in [1.29, 1.82) is 0 Å². The average molecular weight is 243 g/mol. The van der Waals surface area contributed by atoms with Crippen molar-refractivity contribution in [1.82, 2.24) is 10.2 Å². The van der Waals surface area contributed by atoms with Gasteiger partial charge in [-0.05, 0) is 46.7 Å². The Morgan fingerprint density at radius 3 is 2.41 bits per heavy atom. The Hall–Kier alpha value is -0.650. The quantitative estimate of drug-likeness (QED) is 0.590. The first-order chi connectivity index (χ1) is 7.65. The van der Waals surface area contributed by atoms with Gasteiger partial charge in [0.2, 0.25) is 5.91 Å². The summed E-state index contributed by atoms with van der Waals surface area (Å²) in [6.07, 6.45) is 2.04. The van der Waals surface area contributed by atoms with Gasteiger partial charge in [-0.15, -0.1) is 0 Å². The van der Waals surface area contributed by atoms with E-state index in [9.17, 15) is 9.90 Å². The van der Waals surface area contributed by atoms with Gasteiger partial charge in [-0.25, -0.2) is 0 Å². The third-order valence-electron chi connectivity index (χ3n) is 3.20. The molecule has 1 fully saturated rings. The number of rotatable bonds is 6. The number of aliphatic hydroxyl groups is 1. The van der Waals surface area contributed by atoms with Crippen LogP contribution in [0.25, 0.3) is 0 Å². The van der Waals surface area contributed by atoms with Crippen molar-refractivity contribution in [3.63, 3.8) is 0 Å². The smallest absolute Gasteiger partial charge is 0.240 e. The van der Waals surface area contributed by atoms with Crippen LogP contribution < -0.4 is 11.1 Å². The molecule has 0 aromatic rings. The van der Waals surface area contributed by atoms with Crippen LogP contribution >= 0.6 is 0 Å². The van der Waals surface area contributed by atoms with E-state index < -0.39 is 11.1 Å². The van der Waals surface area contributed by atoms with Gasteiger partial charge in [0, 0.05) is 13.1 Å². The molecule has 5 heteroatoms. The van der Waals surface area contributed by atoms with Crippen LogP contribution in [0, 0.1) is 5.92 Å². The summed E-state index contributed by atoms with van der Waals surface area (Å²) >= 11 is 0. The van der Waals surface area contributed by atoms with Crippen molar-refractivity contribution in [3.05, 3.63) is 0 Å².